The van der Waals surface area contributed by atoms with E-state index in [1.807, 2.05) is 13.8 Å². The Morgan fingerprint density at radius 3 is 2.46 bits per heavy atom. The molecule has 1 aliphatic rings. The van der Waals surface area contributed by atoms with Gasteiger partial charge in [0, 0.05) is 32.2 Å². The number of morpholine rings is 1. The molecule has 1 fully saturated rings. The van der Waals surface area contributed by atoms with Gasteiger partial charge in [-0.05, 0) is 12.8 Å². The number of rotatable bonds is 8. The first-order valence-corrected chi connectivity index (χ1v) is 8.91. The highest BCUT2D eigenvalue weighted by Crippen LogP contribution is 2.13. The summed E-state index contributed by atoms with van der Waals surface area (Å²) in [6.45, 7) is 13.8. The summed E-state index contributed by atoms with van der Waals surface area (Å²) in [5.41, 5.74) is 0. The van der Waals surface area contributed by atoms with Gasteiger partial charge in [-0.25, -0.2) is 0 Å². The predicted octanol–water partition coefficient (Wildman–Crippen LogP) is 0.707. The standard InChI is InChI=1S/C17H34N4O3/c1-6-18-17(19-11-14(4)16(22)23-5)20-12-15(13(2)3)21-7-9-24-10-8-21/h13-15H,6-12H2,1-5H3,(H2,18,19,20). The summed E-state index contributed by atoms with van der Waals surface area (Å²) in [6, 6.07) is 0.391. The van der Waals surface area contributed by atoms with Gasteiger partial charge in [-0.1, -0.05) is 20.8 Å². The van der Waals surface area contributed by atoms with Gasteiger partial charge in [-0.3, -0.25) is 14.7 Å². The number of nitrogens with zero attached hydrogens (tertiary/aromatic N) is 2. The average molecular weight is 342 g/mol. The molecule has 2 unspecified atom stereocenters. The zero-order valence-corrected chi connectivity index (χ0v) is 15.8. The van der Waals surface area contributed by atoms with Crippen LogP contribution in [0.1, 0.15) is 27.7 Å². The first kappa shape index (κ1) is 20.7. The maximum Gasteiger partial charge on any atom is 0.310 e. The molecule has 0 bridgehead atoms. The number of guanidine groups is 1. The monoisotopic (exact) mass is 342 g/mol. The first-order chi connectivity index (χ1) is 11.5. The zero-order chi connectivity index (χ0) is 17.9. The molecule has 2 N–H and O–H groups in total. The van der Waals surface area contributed by atoms with Gasteiger partial charge in [0.05, 0.1) is 32.8 Å². The number of aliphatic imine (C=N–C) groups is 1. The van der Waals surface area contributed by atoms with Gasteiger partial charge in [0.2, 0.25) is 0 Å². The second kappa shape index (κ2) is 11.3. The van der Waals surface area contributed by atoms with E-state index in [2.05, 4.69) is 29.4 Å². The van der Waals surface area contributed by atoms with Crippen molar-refractivity contribution in [2.75, 3.05) is 53.0 Å². The van der Waals surface area contributed by atoms with Crippen LogP contribution in [0.5, 0.6) is 0 Å². The molecule has 1 aliphatic heterocycles. The lowest BCUT2D eigenvalue weighted by Gasteiger charge is -2.36. The van der Waals surface area contributed by atoms with Crippen LogP contribution in [0, 0.1) is 11.8 Å². The highest BCUT2D eigenvalue weighted by Gasteiger charge is 2.23. The minimum Gasteiger partial charge on any atom is -0.469 e. The minimum atomic E-state index is -0.216. The highest BCUT2D eigenvalue weighted by molar-refractivity contribution is 5.80. The minimum absolute atomic E-state index is 0.209. The van der Waals surface area contributed by atoms with E-state index >= 15 is 0 Å². The van der Waals surface area contributed by atoms with Gasteiger partial charge in [0.25, 0.3) is 0 Å². The largest absolute Gasteiger partial charge is 0.469 e. The Morgan fingerprint density at radius 1 is 1.25 bits per heavy atom. The maximum absolute atomic E-state index is 11.5. The number of carbonyl (C=O) groups excluding carboxylic acids is 1. The van der Waals surface area contributed by atoms with Crippen molar-refractivity contribution in [3.63, 3.8) is 0 Å². The van der Waals surface area contributed by atoms with Crippen molar-refractivity contribution in [1.29, 1.82) is 0 Å². The summed E-state index contributed by atoms with van der Waals surface area (Å²) < 4.78 is 10.2. The summed E-state index contributed by atoms with van der Waals surface area (Å²) in [6.07, 6.45) is 0. The summed E-state index contributed by atoms with van der Waals surface area (Å²) >= 11 is 0. The number of carbonyl (C=O) groups is 1. The van der Waals surface area contributed by atoms with Gasteiger partial charge in [0.15, 0.2) is 5.96 Å². The molecule has 7 nitrogen and oxygen atoms in total. The molecule has 7 heteroatoms. The van der Waals surface area contributed by atoms with Gasteiger partial charge in [0.1, 0.15) is 0 Å². The van der Waals surface area contributed by atoms with Crippen molar-refractivity contribution < 1.29 is 14.3 Å². The van der Waals surface area contributed by atoms with Crippen LogP contribution in [-0.4, -0.2) is 75.9 Å². The smallest absolute Gasteiger partial charge is 0.310 e. The van der Waals surface area contributed by atoms with Crippen molar-refractivity contribution in [1.82, 2.24) is 15.5 Å². The lowest BCUT2D eigenvalue weighted by Crippen LogP contribution is -2.48. The van der Waals surface area contributed by atoms with Crippen LogP contribution >= 0.6 is 0 Å². The highest BCUT2D eigenvalue weighted by atomic mass is 16.5. The first-order valence-electron chi connectivity index (χ1n) is 8.91. The van der Waals surface area contributed by atoms with Crippen LogP contribution in [0.15, 0.2) is 4.99 Å². The third kappa shape index (κ3) is 7.05. The number of esters is 1. The van der Waals surface area contributed by atoms with Crippen LogP contribution in [0.2, 0.25) is 0 Å². The molecule has 0 aromatic heterocycles. The molecule has 0 aliphatic carbocycles. The van der Waals surface area contributed by atoms with Crippen LogP contribution in [0.25, 0.3) is 0 Å². The van der Waals surface area contributed by atoms with Gasteiger partial charge >= 0.3 is 5.97 Å². The predicted molar refractivity (Wildman–Crippen MR) is 96.2 cm³/mol. The Morgan fingerprint density at radius 2 is 1.92 bits per heavy atom. The Bertz CT molecular complexity index is 395. The molecule has 0 amide bonds. The van der Waals surface area contributed by atoms with E-state index in [9.17, 15) is 4.79 Å². The van der Waals surface area contributed by atoms with Gasteiger partial charge < -0.3 is 20.1 Å². The van der Waals surface area contributed by atoms with Crippen LogP contribution < -0.4 is 10.6 Å². The zero-order valence-electron chi connectivity index (χ0n) is 15.8. The van der Waals surface area contributed by atoms with Crippen molar-refractivity contribution in [3.05, 3.63) is 0 Å². The van der Waals surface area contributed by atoms with Crippen LogP contribution in [0.4, 0.5) is 0 Å². The van der Waals surface area contributed by atoms with E-state index in [-0.39, 0.29) is 11.9 Å². The number of hydrogen-bond donors (Lipinski definition) is 2. The molecule has 1 heterocycles. The molecule has 2 atom stereocenters. The fourth-order valence-electron chi connectivity index (χ4n) is 2.72. The quantitative estimate of drug-likeness (QED) is 0.384. The maximum atomic E-state index is 11.5. The fourth-order valence-corrected chi connectivity index (χ4v) is 2.72. The van der Waals surface area contributed by atoms with Crippen molar-refractivity contribution in [2.24, 2.45) is 16.8 Å². The third-order valence-corrected chi connectivity index (χ3v) is 4.24. The van der Waals surface area contributed by atoms with E-state index in [1.54, 1.807) is 0 Å². The Kier molecular flexibility index (Phi) is 9.71. The van der Waals surface area contributed by atoms with E-state index in [1.165, 1.54) is 7.11 Å². The topological polar surface area (TPSA) is 75.2 Å². The summed E-state index contributed by atoms with van der Waals surface area (Å²) in [7, 11) is 1.41. The lowest BCUT2D eigenvalue weighted by atomic mass is 10.0. The normalized spacial score (nSPS) is 19.0. The van der Waals surface area contributed by atoms with E-state index in [0.29, 0.717) is 18.5 Å². The van der Waals surface area contributed by atoms with Crippen molar-refractivity contribution in [2.45, 2.75) is 33.7 Å². The summed E-state index contributed by atoms with van der Waals surface area (Å²) in [5, 5.41) is 6.46. The number of ether oxygens (including phenoxy) is 2. The Labute approximate surface area is 146 Å². The molecule has 140 valence electrons. The van der Waals surface area contributed by atoms with Crippen LogP contribution in [-0.2, 0) is 14.3 Å². The molecule has 1 saturated heterocycles. The summed E-state index contributed by atoms with van der Waals surface area (Å²) in [4.78, 5) is 18.7. The van der Waals surface area contributed by atoms with Crippen molar-refractivity contribution in [3.8, 4) is 0 Å². The molecule has 24 heavy (non-hydrogen) atoms. The Hall–Kier alpha value is -1.34. The molecule has 1 rings (SSSR count). The molecule has 0 radical (unpaired) electrons. The molecule has 0 aromatic rings. The van der Waals surface area contributed by atoms with Gasteiger partial charge in [-0.2, -0.15) is 0 Å². The van der Waals surface area contributed by atoms with E-state index in [4.69, 9.17) is 14.5 Å². The second-order valence-electron chi connectivity index (χ2n) is 6.48. The van der Waals surface area contributed by atoms with E-state index in [0.717, 1.165) is 45.4 Å². The SMILES string of the molecule is CCNC(=NCC(C(C)C)N1CCOCC1)NCC(C)C(=O)OC. The molecule has 0 spiro atoms. The number of nitrogens with one attached hydrogen (secondary N) is 2. The molecular weight excluding hydrogens is 308 g/mol. The fraction of sp³-hybridized carbons (Fsp3) is 0.882. The summed E-state index contributed by atoms with van der Waals surface area (Å²) in [5.74, 6) is 0.835. The second-order valence-corrected chi connectivity index (χ2v) is 6.48. The van der Waals surface area contributed by atoms with E-state index < -0.39 is 0 Å². The lowest BCUT2D eigenvalue weighted by molar-refractivity contribution is -0.144. The number of methoxy groups -OCH3 is 1. The molecular formula is C17H34N4O3. The molecule has 0 aromatic carbocycles. The number of hydrogen-bond acceptors (Lipinski definition) is 5. The van der Waals surface area contributed by atoms with Crippen molar-refractivity contribution >= 4 is 11.9 Å². The van der Waals surface area contributed by atoms with Crippen LogP contribution in [0.3, 0.4) is 0 Å². The third-order valence-electron chi connectivity index (χ3n) is 4.24. The Balaban J connectivity index is 2.62. The average Bonchev–Trinajstić information content (AvgIpc) is 2.59. The van der Waals surface area contributed by atoms with Gasteiger partial charge in [-0.15, -0.1) is 0 Å². The molecule has 0 saturated carbocycles.